The van der Waals surface area contributed by atoms with E-state index in [2.05, 4.69) is 31.0 Å². The highest BCUT2D eigenvalue weighted by Gasteiger charge is 2.14. The molecule has 0 aliphatic rings. The fourth-order valence-corrected chi connectivity index (χ4v) is 3.23. The SMILES string of the molecule is CC(C)Cc1ccc(-c2cnc(CCC(=O)N(C)Cc3ccc(F)cc3F)o2)cc1. The average molecular weight is 412 g/mol. The molecule has 3 rings (SSSR count). The van der Waals surface area contributed by atoms with Gasteiger partial charge in [-0.3, -0.25) is 4.79 Å². The van der Waals surface area contributed by atoms with Crippen LogP contribution in [-0.2, 0) is 24.2 Å². The molecule has 0 saturated heterocycles. The molecule has 3 aromatic rings. The molecule has 0 aliphatic carbocycles. The van der Waals surface area contributed by atoms with Gasteiger partial charge in [-0.1, -0.05) is 44.2 Å². The summed E-state index contributed by atoms with van der Waals surface area (Å²) in [5.74, 6) is 0.270. The first-order valence-electron chi connectivity index (χ1n) is 10.0. The summed E-state index contributed by atoms with van der Waals surface area (Å²) in [6, 6.07) is 11.5. The minimum absolute atomic E-state index is 0.0739. The summed E-state index contributed by atoms with van der Waals surface area (Å²) in [4.78, 5) is 18.0. The number of nitrogens with zero attached hydrogens (tertiary/aromatic N) is 2. The second kappa shape index (κ2) is 9.65. The van der Waals surface area contributed by atoms with Crippen LogP contribution in [0.3, 0.4) is 0 Å². The van der Waals surface area contributed by atoms with E-state index >= 15 is 0 Å². The summed E-state index contributed by atoms with van der Waals surface area (Å²) >= 11 is 0. The molecule has 0 spiro atoms. The highest BCUT2D eigenvalue weighted by atomic mass is 19.1. The van der Waals surface area contributed by atoms with E-state index in [0.717, 1.165) is 18.1 Å². The van der Waals surface area contributed by atoms with E-state index in [0.29, 0.717) is 24.0 Å². The van der Waals surface area contributed by atoms with Crippen molar-refractivity contribution in [2.75, 3.05) is 7.05 Å². The standard InChI is InChI=1S/C24H26F2N2O2/c1-16(2)12-17-4-6-18(7-5-17)22-14-27-23(30-22)10-11-24(29)28(3)15-19-8-9-20(25)13-21(19)26/h4-9,13-14,16H,10-12,15H2,1-3H3. The largest absolute Gasteiger partial charge is 0.441 e. The number of carbonyl (C=O) groups is 1. The van der Waals surface area contributed by atoms with E-state index in [1.807, 2.05) is 12.1 Å². The Balaban J connectivity index is 1.55. The molecule has 0 aliphatic heterocycles. The molecule has 0 saturated carbocycles. The van der Waals surface area contributed by atoms with Gasteiger partial charge in [0, 0.05) is 43.6 Å². The third-order valence-electron chi connectivity index (χ3n) is 4.84. The number of halogens is 2. The maximum atomic E-state index is 13.8. The first-order valence-corrected chi connectivity index (χ1v) is 10.0. The summed E-state index contributed by atoms with van der Waals surface area (Å²) in [6.07, 6.45) is 3.22. The molecule has 0 bridgehead atoms. The Labute approximate surface area is 175 Å². The van der Waals surface area contributed by atoms with Crippen LogP contribution in [0.15, 0.2) is 53.1 Å². The lowest BCUT2D eigenvalue weighted by Crippen LogP contribution is -2.26. The Morgan fingerprint density at radius 2 is 1.87 bits per heavy atom. The Hall–Kier alpha value is -3.02. The molecule has 158 valence electrons. The van der Waals surface area contributed by atoms with Gasteiger partial charge >= 0.3 is 0 Å². The molecule has 1 aromatic heterocycles. The number of aromatic nitrogens is 1. The number of benzene rings is 2. The molecule has 30 heavy (non-hydrogen) atoms. The van der Waals surface area contributed by atoms with E-state index < -0.39 is 11.6 Å². The van der Waals surface area contributed by atoms with Crippen molar-refractivity contribution in [1.82, 2.24) is 9.88 Å². The maximum Gasteiger partial charge on any atom is 0.223 e. The molecular formula is C24H26F2N2O2. The molecule has 1 amide bonds. The first kappa shape index (κ1) is 21.7. The lowest BCUT2D eigenvalue weighted by atomic mass is 10.0. The number of oxazole rings is 1. The molecule has 0 N–H and O–H groups in total. The predicted molar refractivity (Wildman–Crippen MR) is 112 cm³/mol. The van der Waals surface area contributed by atoms with Crippen LogP contribution >= 0.6 is 0 Å². The lowest BCUT2D eigenvalue weighted by molar-refractivity contribution is -0.130. The van der Waals surface area contributed by atoms with Crippen LogP contribution in [0.25, 0.3) is 11.3 Å². The van der Waals surface area contributed by atoms with Crippen LogP contribution in [-0.4, -0.2) is 22.8 Å². The van der Waals surface area contributed by atoms with E-state index in [1.54, 1.807) is 13.2 Å². The van der Waals surface area contributed by atoms with E-state index in [1.165, 1.54) is 22.6 Å². The van der Waals surface area contributed by atoms with Crippen LogP contribution < -0.4 is 0 Å². The van der Waals surface area contributed by atoms with Crippen molar-refractivity contribution < 1.29 is 18.0 Å². The van der Waals surface area contributed by atoms with Crippen molar-refractivity contribution >= 4 is 5.91 Å². The minimum atomic E-state index is -0.661. The fraction of sp³-hybridized carbons (Fsp3) is 0.333. The monoisotopic (exact) mass is 412 g/mol. The molecule has 0 fully saturated rings. The Kier molecular flexibility index (Phi) is 6.98. The van der Waals surface area contributed by atoms with Crippen LogP contribution in [0.5, 0.6) is 0 Å². The van der Waals surface area contributed by atoms with Gasteiger partial charge in [-0.15, -0.1) is 0 Å². The Bertz CT molecular complexity index is 997. The summed E-state index contributed by atoms with van der Waals surface area (Å²) in [5, 5.41) is 0. The van der Waals surface area contributed by atoms with Crippen molar-refractivity contribution in [2.24, 2.45) is 5.92 Å². The van der Waals surface area contributed by atoms with Crippen LogP contribution in [0.1, 0.15) is 37.3 Å². The molecule has 4 nitrogen and oxygen atoms in total. The zero-order valence-corrected chi connectivity index (χ0v) is 17.5. The zero-order valence-electron chi connectivity index (χ0n) is 17.5. The number of rotatable bonds is 8. The van der Waals surface area contributed by atoms with Gasteiger partial charge in [0.2, 0.25) is 5.91 Å². The fourth-order valence-electron chi connectivity index (χ4n) is 3.23. The highest BCUT2D eigenvalue weighted by molar-refractivity contribution is 5.76. The number of aryl methyl sites for hydroxylation is 1. The van der Waals surface area contributed by atoms with Gasteiger partial charge in [0.15, 0.2) is 11.7 Å². The molecular weight excluding hydrogens is 386 g/mol. The third-order valence-corrected chi connectivity index (χ3v) is 4.84. The van der Waals surface area contributed by atoms with Gasteiger partial charge in [-0.2, -0.15) is 0 Å². The second-order valence-corrected chi connectivity index (χ2v) is 7.90. The van der Waals surface area contributed by atoms with Gasteiger partial charge in [0.1, 0.15) is 11.6 Å². The predicted octanol–water partition coefficient (Wildman–Crippen LogP) is 5.41. The minimum Gasteiger partial charge on any atom is -0.441 e. The Morgan fingerprint density at radius 3 is 2.53 bits per heavy atom. The van der Waals surface area contributed by atoms with Crippen molar-refractivity contribution in [3.05, 3.63) is 77.3 Å². The van der Waals surface area contributed by atoms with Gasteiger partial charge in [0.25, 0.3) is 0 Å². The van der Waals surface area contributed by atoms with Crippen LogP contribution in [0, 0.1) is 17.6 Å². The summed E-state index contributed by atoms with van der Waals surface area (Å²) < 4.78 is 32.6. The summed E-state index contributed by atoms with van der Waals surface area (Å²) in [7, 11) is 1.59. The first-order chi connectivity index (χ1) is 14.3. The number of hydrogen-bond acceptors (Lipinski definition) is 3. The molecule has 0 atom stereocenters. The van der Waals surface area contributed by atoms with E-state index in [9.17, 15) is 13.6 Å². The summed E-state index contributed by atoms with van der Waals surface area (Å²) in [6.45, 7) is 4.45. The van der Waals surface area contributed by atoms with Crippen molar-refractivity contribution in [2.45, 2.75) is 39.7 Å². The highest BCUT2D eigenvalue weighted by Crippen LogP contribution is 2.22. The number of carbonyl (C=O) groups excluding carboxylic acids is 1. The van der Waals surface area contributed by atoms with Crippen molar-refractivity contribution in [3.63, 3.8) is 0 Å². The number of amides is 1. The quantitative estimate of drug-likeness (QED) is 0.497. The van der Waals surface area contributed by atoms with Crippen molar-refractivity contribution in [1.29, 1.82) is 0 Å². The number of hydrogen-bond donors (Lipinski definition) is 0. The average Bonchev–Trinajstić information content (AvgIpc) is 3.17. The van der Waals surface area contributed by atoms with Crippen LogP contribution in [0.4, 0.5) is 8.78 Å². The zero-order chi connectivity index (χ0) is 21.7. The smallest absolute Gasteiger partial charge is 0.223 e. The second-order valence-electron chi connectivity index (χ2n) is 7.90. The van der Waals surface area contributed by atoms with Gasteiger partial charge in [-0.05, 0) is 24.0 Å². The lowest BCUT2D eigenvalue weighted by Gasteiger charge is -2.17. The summed E-state index contributed by atoms with van der Waals surface area (Å²) in [5.41, 5.74) is 2.49. The van der Waals surface area contributed by atoms with Gasteiger partial charge < -0.3 is 9.32 Å². The van der Waals surface area contributed by atoms with Crippen molar-refractivity contribution in [3.8, 4) is 11.3 Å². The molecule has 2 aromatic carbocycles. The van der Waals surface area contributed by atoms with Crippen LogP contribution in [0.2, 0.25) is 0 Å². The van der Waals surface area contributed by atoms with E-state index in [-0.39, 0.29) is 24.4 Å². The normalized spacial score (nSPS) is 11.1. The Morgan fingerprint density at radius 1 is 1.13 bits per heavy atom. The topological polar surface area (TPSA) is 46.3 Å². The molecule has 6 heteroatoms. The molecule has 1 heterocycles. The van der Waals surface area contributed by atoms with Gasteiger partial charge in [0.05, 0.1) is 6.20 Å². The van der Waals surface area contributed by atoms with E-state index in [4.69, 9.17) is 4.42 Å². The maximum absolute atomic E-state index is 13.8. The molecule has 0 radical (unpaired) electrons. The third kappa shape index (κ3) is 5.75. The van der Waals surface area contributed by atoms with Gasteiger partial charge in [-0.25, -0.2) is 13.8 Å². The molecule has 0 unspecified atom stereocenters.